The van der Waals surface area contributed by atoms with Crippen molar-refractivity contribution >= 4 is 44.1 Å². The van der Waals surface area contributed by atoms with Gasteiger partial charge in [0.25, 0.3) is 5.56 Å². The lowest BCUT2D eigenvalue weighted by atomic mass is 9.88. The SMILES string of the molecule is Nc1c(-c2ccc(F)c3[nH]ncc23)c2cc(N3C4COCC3C4)c3ncccc3c2[nH]c1=O. The third kappa shape index (κ3) is 2.45. The van der Waals surface area contributed by atoms with E-state index in [4.69, 9.17) is 10.5 Å². The fraction of sp³-hybridized carbons (Fsp3) is 0.208. The van der Waals surface area contributed by atoms with Crippen LogP contribution in [-0.2, 0) is 4.74 Å². The second kappa shape index (κ2) is 6.52. The maximum atomic E-state index is 14.4. The van der Waals surface area contributed by atoms with Crippen molar-refractivity contribution < 1.29 is 9.13 Å². The molecule has 0 radical (unpaired) electrons. The van der Waals surface area contributed by atoms with E-state index in [0.29, 0.717) is 47.3 Å². The number of pyridine rings is 2. The minimum atomic E-state index is -0.414. The summed E-state index contributed by atoms with van der Waals surface area (Å²) in [5.41, 5.74) is 10.00. The van der Waals surface area contributed by atoms with Crippen molar-refractivity contribution in [2.24, 2.45) is 0 Å². The van der Waals surface area contributed by atoms with Crippen LogP contribution in [-0.4, -0.2) is 45.5 Å². The van der Waals surface area contributed by atoms with Crippen molar-refractivity contribution in [2.75, 3.05) is 23.8 Å². The second-order valence-electron chi connectivity index (χ2n) is 8.70. The lowest BCUT2D eigenvalue weighted by Gasteiger charge is -2.54. The highest BCUT2D eigenvalue weighted by Crippen LogP contribution is 2.44. The number of nitrogens with zero attached hydrogens (tertiary/aromatic N) is 3. The number of nitrogens with one attached hydrogen (secondary N) is 2. The van der Waals surface area contributed by atoms with Crippen LogP contribution in [0.5, 0.6) is 0 Å². The monoisotopic (exact) mass is 442 g/mol. The molecule has 7 rings (SSSR count). The van der Waals surface area contributed by atoms with E-state index >= 15 is 0 Å². The van der Waals surface area contributed by atoms with Crippen molar-refractivity contribution in [3.05, 3.63) is 58.9 Å². The highest BCUT2D eigenvalue weighted by atomic mass is 19.1. The van der Waals surface area contributed by atoms with Crippen molar-refractivity contribution in [1.29, 1.82) is 0 Å². The Kier molecular flexibility index (Phi) is 3.67. The first-order valence-corrected chi connectivity index (χ1v) is 10.8. The molecular formula is C24H19FN6O2. The molecule has 2 saturated heterocycles. The molecule has 2 bridgehead atoms. The van der Waals surface area contributed by atoms with Crippen LogP contribution in [0.15, 0.2) is 47.5 Å². The molecule has 0 amide bonds. The summed E-state index contributed by atoms with van der Waals surface area (Å²) in [5, 5.41) is 8.89. The summed E-state index contributed by atoms with van der Waals surface area (Å²) in [7, 11) is 0. The summed E-state index contributed by atoms with van der Waals surface area (Å²) in [6, 6.07) is 9.45. The average Bonchev–Trinajstić information content (AvgIpc) is 3.33. The lowest BCUT2D eigenvalue weighted by molar-refractivity contribution is 0.0105. The lowest BCUT2D eigenvalue weighted by Crippen LogP contribution is -2.64. The van der Waals surface area contributed by atoms with Gasteiger partial charge in [-0.2, -0.15) is 5.10 Å². The van der Waals surface area contributed by atoms with Gasteiger partial charge in [0.05, 0.1) is 48.2 Å². The minimum Gasteiger partial charge on any atom is -0.394 e. The van der Waals surface area contributed by atoms with E-state index in [1.807, 2.05) is 18.2 Å². The van der Waals surface area contributed by atoms with Gasteiger partial charge < -0.3 is 20.4 Å². The molecule has 2 aliphatic rings. The van der Waals surface area contributed by atoms with Crippen LogP contribution in [0.1, 0.15) is 6.42 Å². The number of morpholine rings is 1. The number of aromatic nitrogens is 4. The number of H-pyrrole nitrogens is 2. The molecule has 2 aliphatic heterocycles. The number of ether oxygens (including phenoxy) is 1. The second-order valence-corrected chi connectivity index (χ2v) is 8.70. The van der Waals surface area contributed by atoms with Crippen molar-refractivity contribution in [1.82, 2.24) is 20.2 Å². The Balaban J connectivity index is 1.62. The molecule has 4 N–H and O–H groups in total. The van der Waals surface area contributed by atoms with E-state index in [1.165, 1.54) is 6.07 Å². The van der Waals surface area contributed by atoms with Gasteiger partial charge in [-0.15, -0.1) is 0 Å². The number of nitrogens with two attached hydrogens (primary N) is 1. The van der Waals surface area contributed by atoms with Gasteiger partial charge in [-0.3, -0.25) is 14.9 Å². The minimum absolute atomic E-state index is 0.0814. The quantitative estimate of drug-likeness (QED) is 0.362. The number of aromatic amines is 2. The molecule has 2 atom stereocenters. The van der Waals surface area contributed by atoms with Gasteiger partial charge in [0, 0.05) is 27.9 Å². The van der Waals surface area contributed by atoms with E-state index in [0.717, 1.165) is 28.4 Å². The Labute approximate surface area is 186 Å². The number of hydrogen-bond acceptors (Lipinski definition) is 6. The number of fused-ring (bicyclic) bond motifs is 6. The fourth-order valence-corrected chi connectivity index (χ4v) is 5.44. The van der Waals surface area contributed by atoms with Crippen molar-refractivity contribution in [3.8, 4) is 11.1 Å². The maximum Gasteiger partial charge on any atom is 0.272 e. The number of halogens is 1. The van der Waals surface area contributed by atoms with E-state index < -0.39 is 11.4 Å². The molecule has 164 valence electrons. The first-order valence-electron chi connectivity index (χ1n) is 10.8. The molecule has 2 unspecified atom stereocenters. The molecule has 0 spiro atoms. The Morgan fingerprint density at radius 3 is 2.79 bits per heavy atom. The zero-order valence-corrected chi connectivity index (χ0v) is 17.4. The summed E-state index contributed by atoms with van der Waals surface area (Å²) >= 11 is 0. The van der Waals surface area contributed by atoms with Gasteiger partial charge in [-0.05, 0) is 36.2 Å². The number of nitrogen functional groups attached to an aromatic ring is 1. The molecule has 2 aromatic carbocycles. The van der Waals surface area contributed by atoms with Crippen molar-refractivity contribution in [2.45, 2.75) is 18.5 Å². The van der Waals surface area contributed by atoms with Gasteiger partial charge >= 0.3 is 0 Å². The number of hydrogen-bond donors (Lipinski definition) is 3. The van der Waals surface area contributed by atoms with Crippen molar-refractivity contribution in [3.63, 3.8) is 0 Å². The third-order valence-corrected chi connectivity index (χ3v) is 6.96. The predicted molar refractivity (Wildman–Crippen MR) is 125 cm³/mol. The van der Waals surface area contributed by atoms with E-state index in [1.54, 1.807) is 18.5 Å². The van der Waals surface area contributed by atoms with Crippen LogP contribution in [0.25, 0.3) is 43.8 Å². The highest BCUT2D eigenvalue weighted by molar-refractivity contribution is 6.17. The number of benzene rings is 2. The van der Waals surface area contributed by atoms with Crippen LogP contribution in [0.4, 0.5) is 15.8 Å². The summed E-state index contributed by atoms with van der Waals surface area (Å²) in [6.45, 7) is 1.36. The molecule has 2 fully saturated rings. The standard InChI is InChI=1S/C24H19FN6O2/c25-17-4-3-13(16-8-28-30-22(16)17)19-15-7-18(31-11-6-12(31)10-33-9-11)23-14(2-1-5-27-23)21(15)29-24(32)20(19)26/h1-5,7-8,11-12H,6,9-10,26H2,(H,28,30)(H,29,32). The van der Waals surface area contributed by atoms with E-state index in [9.17, 15) is 9.18 Å². The molecule has 9 heteroatoms. The molecule has 0 saturated carbocycles. The topological polar surface area (TPSA) is 113 Å². The van der Waals surface area contributed by atoms with Gasteiger partial charge in [0.15, 0.2) is 0 Å². The van der Waals surface area contributed by atoms with Crippen LogP contribution < -0.4 is 16.2 Å². The van der Waals surface area contributed by atoms with E-state index in [-0.39, 0.29) is 11.2 Å². The van der Waals surface area contributed by atoms with Crippen LogP contribution in [0.3, 0.4) is 0 Å². The Morgan fingerprint density at radius 1 is 1.12 bits per heavy atom. The summed E-state index contributed by atoms with van der Waals surface area (Å²) in [6.07, 6.45) is 4.40. The summed E-state index contributed by atoms with van der Waals surface area (Å²) in [5.74, 6) is -0.414. The predicted octanol–water partition coefficient (Wildman–Crippen LogP) is 3.32. The number of anilines is 2. The molecule has 5 heterocycles. The smallest absolute Gasteiger partial charge is 0.272 e. The fourth-order valence-electron chi connectivity index (χ4n) is 5.44. The maximum absolute atomic E-state index is 14.4. The Morgan fingerprint density at radius 2 is 1.97 bits per heavy atom. The first-order chi connectivity index (χ1) is 16.1. The molecule has 3 aromatic heterocycles. The first kappa shape index (κ1) is 18.6. The zero-order chi connectivity index (χ0) is 22.3. The summed E-state index contributed by atoms with van der Waals surface area (Å²) < 4.78 is 20.1. The van der Waals surface area contributed by atoms with E-state index in [2.05, 4.69) is 25.1 Å². The Hall–Kier alpha value is -3.98. The van der Waals surface area contributed by atoms with Gasteiger partial charge in [0.1, 0.15) is 17.0 Å². The molecular weight excluding hydrogens is 423 g/mol. The third-order valence-electron chi connectivity index (χ3n) is 6.96. The van der Waals surface area contributed by atoms with Crippen LogP contribution in [0.2, 0.25) is 0 Å². The largest absolute Gasteiger partial charge is 0.394 e. The number of rotatable bonds is 2. The van der Waals surface area contributed by atoms with Crippen LogP contribution in [0, 0.1) is 5.82 Å². The zero-order valence-electron chi connectivity index (χ0n) is 17.4. The molecule has 0 aliphatic carbocycles. The average molecular weight is 442 g/mol. The molecule has 5 aromatic rings. The summed E-state index contributed by atoms with van der Waals surface area (Å²) in [4.78, 5) is 22.9. The Bertz CT molecular complexity index is 1640. The normalized spacial score (nSPS) is 20.0. The van der Waals surface area contributed by atoms with Gasteiger partial charge in [-0.1, -0.05) is 6.07 Å². The van der Waals surface area contributed by atoms with Gasteiger partial charge in [-0.25, -0.2) is 4.39 Å². The highest BCUT2D eigenvalue weighted by Gasteiger charge is 2.43. The van der Waals surface area contributed by atoms with Crippen LogP contribution >= 0.6 is 0 Å². The molecule has 8 nitrogen and oxygen atoms in total. The van der Waals surface area contributed by atoms with Gasteiger partial charge in [0.2, 0.25) is 0 Å². The molecule has 33 heavy (non-hydrogen) atoms.